The van der Waals surface area contributed by atoms with Crippen LogP contribution in [0.5, 0.6) is 0 Å². The van der Waals surface area contributed by atoms with Gasteiger partial charge in [0.2, 0.25) is 0 Å². The summed E-state index contributed by atoms with van der Waals surface area (Å²) in [6.45, 7) is 7.93. The van der Waals surface area contributed by atoms with Crippen LogP contribution in [-0.4, -0.2) is 77.0 Å². The van der Waals surface area contributed by atoms with Crippen LogP contribution in [0.1, 0.15) is 129 Å². The number of aliphatic imine (C=N–C) groups is 1. The number of aryl methyl sites for hydroxylation is 1. The number of guanidine groups is 1. The number of carbonyl (C=O) groups excluding carboxylic acids is 2. The summed E-state index contributed by atoms with van der Waals surface area (Å²) in [6, 6.07) is 8.37. The van der Waals surface area contributed by atoms with Gasteiger partial charge < -0.3 is 37.0 Å². The third-order valence-corrected chi connectivity index (χ3v) is 23.3. The summed E-state index contributed by atoms with van der Waals surface area (Å²) < 4.78 is 0. The van der Waals surface area contributed by atoms with Crippen LogP contribution in [0.3, 0.4) is 0 Å². The number of nitrogens with two attached hydrogens (primary N) is 2. The Morgan fingerprint density at radius 3 is 2.45 bits per heavy atom. The number of aliphatic hydroxyl groups is 4. The molecular formula is C60H65N3O8. The van der Waals surface area contributed by atoms with Gasteiger partial charge in [0, 0.05) is 81.2 Å². The summed E-state index contributed by atoms with van der Waals surface area (Å²) in [4.78, 5) is 50.3. The fourth-order valence-electron chi connectivity index (χ4n) is 21.1. The molecule has 0 aliphatic heterocycles. The Morgan fingerprint density at radius 2 is 1.68 bits per heavy atom. The van der Waals surface area contributed by atoms with E-state index in [1.54, 1.807) is 0 Å². The standard InChI is InChI=1S/C60H65N3O8/c1-31(49(66)67)37-20-25-54(63-50(61)62)26-27-55-40-15-9-8-14-39-45(65)44-48-56(68)30-36-29-34-18-19-38(59(37,70)60(40,54)71)42(34)46(55)58(36,69)57(48,53(39,55)4)23-11-5-10-22-51(2)41(64)21-24-52(44,3)47(51)43(56)35-17-16-32-12-6-7-13-33(32)28-35/h6-7,12-13,19,26-28,30,39-40,43,46-47,68-71H,8-9,11,14-18,20-25,29H2,1-4H3,(H,66,67)(H4,61,62,63). The zero-order chi connectivity index (χ0) is 49.6. The van der Waals surface area contributed by atoms with Crippen molar-refractivity contribution in [3.8, 4) is 11.8 Å². The van der Waals surface area contributed by atoms with Gasteiger partial charge in [0.15, 0.2) is 11.7 Å². The molecule has 15 unspecified atom stereocenters. The number of Topliss-reactive ketones (excluding diaryl/α,β-unsaturated/α-hetero) is 2. The van der Waals surface area contributed by atoms with Crippen molar-refractivity contribution in [1.29, 1.82) is 0 Å². The SMILES string of the molecule is CC(C(=O)O)=C1CCC2(N=C(N)N)C=CC34C5C6=C7CC=C6C1(O)C2(O)C3CCCCC1C(=O)C2=C3C6(O)C=C(C7)C5(O)C3(CCC#CCC3(C)C(=O)CCC2(C)C3C6C2=Cc3ccccc3CC2)C14C. The van der Waals surface area contributed by atoms with Crippen LogP contribution < -0.4 is 11.5 Å². The molecule has 9 N–H and O–H groups in total. The number of ketones is 2. The van der Waals surface area contributed by atoms with Gasteiger partial charge in [-0.3, -0.25) is 9.59 Å². The van der Waals surface area contributed by atoms with E-state index in [-0.39, 0.29) is 60.8 Å². The Bertz CT molecular complexity index is 3170. The Balaban J connectivity index is 1.19. The van der Waals surface area contributed by atoms with Crippen LogP contribution in [0.2, 0.25) is 0 Å². The van der Waals surface area contributed by atoms with Gasteiger partial charge in [-0.1, -0.05) is 93.3 Å². The summed E-state index contributed by atoms with van der Waals surface area (Å²) in [6.07, 6.45) is 15.9. The van der Waals surface area contributed by atoms with Gasteiger partial charge in [0.05, 0.1) is 0 Å². The van der Waals surface area contributed by atoms with Gasteiger partial charge in [0.25, 0.3) is 0 Å². The molecule has 13 aliphatic carbocycles. The molecule has 5 saturated carbocycles. The largest absolute Gasteiger partial charge is 0.478 e. The molecule has 2 spiro atoms. The van der Waals surface area contributed by atoms with Gasteiger partial charge in [-0.15, -0.1) is 11.8 Å². The zero-order valence-electron chi connectivity index (χ0n) is 41.3. The molecule has 0 saturated heterocycles. The van der Waals surface area contributed by atoms with Crippen molar-refractivity contribution in [2.45, 2.75) is 152 Å². The molecule has 5 fully saturated rings. The molecule has 0 heterocycles. The average Bonchev–Trinajstić information content (AvgIpc) is 3.78. The first-order chi connectivity index (χ1) is 33.6. The fourth-order valence-corrected chi connectivity index (χ4v) is 21.1. The maximum Gasteiger partial charge on any atom is 0.331 e. The van der Waals surface area contributed by atoms with Crippen molar-refractivity contribution in [2.24, 2.45) is 73.1 Å². The quantitative estimate of drug-likeness (QED) is 0.0553. The lowest BCUT2D eigenvalue weighted by Gasteiger charge is -2.73. The second-order valence-corrected chi connectivity index (χ2v) is 25.1. The van der Waals surface area contributed by atoms with Crippen LogP contribution in [0, 0.1) is 68.5 Å². The molecule has 368 valence electrons. The molecule has 15 atom stereocenters. The van der Waals surface area contributed by atoms with Crippen LogP contribution >= 0.6 is 0 Å². The van der Waals surface area contributed by atoms with Gasteiger partial charge in [0.1, 0.15) is 33.7 Å². The highest BCUT2D eigenvalue weighted by atomic mass is 16.4. The van der Waals surface area contributed by atoms with Gasteiger partial charge in [-0.25, -0.2) is 9.79 Å². The second kappa shape index (κ2) is 13.2. The van der Waals surface area contributed by atoms with E-state index in [0.29, 0.717) is 80.1 Å². The van der Waals surface area contributed by atoms with Gasteiger partial charge >= 0.3 is 5.97 Å². The van der Waals surface area contributed by atoms with E-state index in [1.807, 2.05) is 24.3 Å². The Morgan fingerprint density at radius 1 is 0.901 bits per heavy atom. The van der Waals surface area contributed by atoms with E-state index in [9.17, 15) is 20.1 Å². The minimum Gasteiger partial charge on any atom is -0.478 e. The Labute approximate surface area is 414 Å². The Kier molecular flexibility index (Phi) is 8.26. The van der Waals surface area contributed by atoms with Gasteiger partial charge in [-0.05, 0) is 122 Å². The number of aliphatic carboxylic acids is 1. The van der Waals surface area contributed by atoms with Crippen molar-refractivity contribution < 1.29 is 39.9 Å². The number of fused-ring (bicyclic) bond motifs is 2. The number of allylic oxidation sites excluding steroid dienone is 4. The molecule has 71 heavy (non-hydrogen) atoms. The van der Waals surface area contributed by atoms with Crippen molar-refractivity contribution >= 4 is 29.6 Å². The first kappa shape index (κ1) is 44.6. The summed E-state index contributed by atoms with van der Waals surface area (Å²) >= 11 is 0. The lowest BCUT2D eigenvalue weighted by Crippen LogP contribution is -2.79. The van der Waals surface area contributed by atoms with E-state index >= 15 is 19.8 Å². The van der Waals surface area contributed by atoms with Crippen LogP contribution in [0.4, 0.5) is 0 Å². The molecule has 11 heteroatoms. The first-order valence-corrected chi connectivity index (χ1v) is 26.5. The second-order valence-electron chi connectivity index (χ2n) is 25.1. The topological polar surface area (TPSA) is 217 Å². The molecule has 14 rings (SSSR count). The van der Waals surface area contributed by atoms with E-state index in [4.69, 9.17) is 16.5 Å². The predicted octanol–water partition coefficient (Wildman–Crippen LogP) is 6.80. The number of benzene rings is 1. The van der Waals surface area contributed by atoms with E-state index in [2.05, 4.69) is 63.0 Å². The van der Waals surface area contributed by atoms with Crippen LogP contribution in [0.15, 0.2) is 104 Å². The number of carbonyl (C=O) groups is 3. The zero-order valence-corrected chi connectivity index (χ0v) is 41.3. The summed E-state index contributed by atoms with van der Waals surface area (Å²) in [7, 11) is 0. The minimum atomic E-state index is -2.33. The highest BCUT2D eigenvalue weighted by molar-refractivity contribution is 6.04. The van der Waals surface area contributed by atoms with E-state index in [1.165, 1.54) is 12.5 Å². The number of hydrogen-bond acceptors (Lipinski definition) is 8. The molecule has 1 aromatic rings. The molecule has 0 aromatic heterocycles. The van der Waals surface area contributed by atoms with Gasteiger partial charge in [-0.2, -0.15) is 0 Å². The van der Waals surface area contributed by atoms with Crippen LogP contribution in [-0.2, 0) is 20.8 Å². The monoisotopic (exact) mass is 955 g/mol. The van der Waals surface area contributed by atoms with E-state index < -0.39 is 90.6 Å². The summed E-state index contributed by atoms with van der Waals surface area (Å²) in [5.74, 6) is 1.95. The predicted molar refractivity (Wildman–Crippen MR) is 265 cm³/mol. The molecule has 1 aromatic carbocycles. The third-order valence-electron chi connectivity index (χ3n) is 23.3. The highest BCUT2D eigenvalue weighted by Gasteiger charge is 2.94. The maximum atomic E-state index is 17.1. The average molecular weight is 956 g/mol. The maximum absolute atomic E-state index is 17.1. The highest BCUT2D eigenvalue weighted by Crippen LogP contribution is 2.92. The van der Waals surface area contributed by atoms with Crippen molar-refractivity contribution in [3.63, 3.8) is 0 Å². The normalized spacial score (nSPS) is 49.2. The van der Waals surface area contributed by atoms with Crippen LogP contribution in [0.25, 0.3) is 6.08 Å². The number of nitrogens with zero attached hydrogens (tertiary/aromatic N) is 1. The summed E-state index contributed by atoms with van der Waals surface area (Å²) in [5, 5.41) is 70.9. The third kappa shape index (κ3) is 4.28. The van der Waals surface area contributed by atoms with Crippen molar-refractivity contribution in [3.05, 3.63) is 110 Å². The van der Waals surface area contributed by atoms with Crippen molar-refractivity contribution in [2.75, 3.05) is 0 Å². The van der Waals surface area contributed by atoms with E-state index in [0.717, 1.165) is 28.7 Å². The molecule has 0 amide bonds. The minimum absolute atomic E-state index is 0.0558. The molecular weight excluding hydrogens is 891 g/mol. The fraction of sp³-hybridized carbons (Fsp3) is 0.567. The smallest absolute Gasteiger partial charge is 0.331 e. The first-order valence-electron chi connectivity index (χ1n) is 26.5. The summed E-state index contributed by atoms with van der Waals surface area (Å²) in [5.41, 5.74) is 4.31. The molecule has 0 radical (unpaired) electrons. The number of carboxylic acid groups (broad SMARTS) is 1. The lowest BCUT2D eigenvalue weighted by atomic mass is 9.30. The van der Waals surface area contributed by atoms with Crippen molar-refractivity contribution in [1.82, 2.24) is 0 Å². The Hall–Kier alpha value is -5.12. The molecule has 8 bridgehead atoms. The number of rotatable bonds is 3. The molecule has 11 nitrogen and oxygen atoms in total. The lowest BCUT2D eigenvalue weighted by molar-refractivity contribution is -0.239. The number of carboxylic acids is 1. The number of hydrogen-bond donors (Lipinski definition) is 7. The molecule has 13 aliphatic rings.